The summed E-state index contributed by atoms with van der Waals surface area (Å²) in [7, 11) is -3.60. The highest BCUT2D eigenvalue weighted by Crippen LogP contribution is 2.26. The molecule has 1 atom stereocenters. The summed E-state index contributed by atoms with van der Waals surface area (Å²) in [4.78, 5) is -0.193. The van der Waals surface area contributed by atoms with Crippen LogP contribution < -0.4 is 5.32 Å². The first-order valence-corrected chi connectivity index (χ1v) is 8.93. The molecule has 2 aliphatic heterocycles. The van der Waals surface area contributed by atoms with E-state index in [9.17, 15) is 12.8 Å². The van der Waals surface area contributed by atoms with Crippen LogP contribution in [0.4, 0.5) is 4.39 Å². The van der Waals surface area contributed by atoms with Crippen LogP contribution in [0.25, 0.3) is 0 Å². The topological polar surface area (TPSA) is 55.4 Å². The lowest BCUT2D eigenvalue weighted by atomic mass is 9.92. The minimum Gasteiger partial charge on any atom is -0.379 e. The van der Waals surface area contributed by atoms with Gasteiger partial charge in [-0.1, -0.05) is 6.07 Å². The third-order valence-electron chi connectivity index (χ3n) is 4.27. The second kappa shape index (κ2) is 6.02. The van der Waals surface area contributed by atoms with Crippen LogP contribution in [-0.4, -0.2) is 40.0 Å². The molecule has 116 valence electrons. The lowest BCUT2D eigenvalue weighted by Gasteiger charge is -2.26. The van der Waals surface area contributed by atoms with E-state index in [0.29, 0.717) is 5.92 Å². The van der Waals surface area contributed by atoms with Crippen molar-refractivity contribution in [3.63, 3.8) is 0 Å². The van der Waals surface area contributed by atoms with Crippen LogP contribution in [0.15, 0.2) is 23.1 Å². The predicted molar refractivity (Wildman–Crippen MR) is 77.5 cm³/mol. The van der Waals surface area contributed by atoms with Gasteiger partial charge in [-0.2, -0.15) is 0 Å². The molecule has 6 heteroatoms. The Hall–Kier alpha value is -0.980. The molecule has 0 spiro atoms. The molecule has 1 aromatic rings. The first-order chi connectivity index (χ1) is 10.1. The van der Waals surface area contributed by atoms with Crippen LogP contribution in [0, 0.1) is 11.7 Å². The lowest BCUT2D eigenvalue weighted by molar-refractivity contribution is 0.0415. The number of benzene rings is 1. The van der Waals surface area contributed by atoms with Gasteiger partial charge in [0, 0.05) is 0 Å². The number of halogens is 1. The summed E-state index contributed by atoms with van der Waals surface area (Å²) in [5, 5.41) is 2.74. The average Bonchev–Trinajstić information content (AvgIpc) is 2.37. The van der Waals surface area contributed by atoms with E-state index in [-0.39, 0.29) is 18.1 Å². The number of hydrogen-bond acceptors (Lipinski definition) is 4. The molecule has 1 N–H and O–H groups in total. The molecular weight excluding hydrogens is 293 g/mol. The van der Waals surface area contributed by atoms with E-state index in [1.165, 1.54) is 12.1 Å². The molecule has 2 fully saturated rings. The fourth-order valence-electron chi connectivity index (χ4n) is 2.91. The standard InChI is InChI=1S/C15H20FNO3S/c16-14-7-11(6-12-2-1-5-17-8-12)3-4-15(14)21(18,19)13-9-20-10-13/h3-4,7,12-13,17H,1-2,5-6,8-10H2. The Morgan fingerprint density at radius 1 is 1.33 bits per heavy atom. The molecule has 3 rings (SSSR count). The van der Waals surface area contributed by atoms with Gasteiger partial charge < -0.3 is 10.1 Å². The van der Waals surface area contributed by atoms with Crippen LogP contribution in [-0.2, 0) is 21.0 Å². The zero-order valence-corrected chi connectivity index (χ0v) is 12.7. The Morgan fingerprint density at radius 2 is 2.14 bits per heavy atom. The largest absolute Gasteiger partial charge is 0.379 e. The van der Waals surface area contributed by atoms with Crippen molar-refractivity contribution in [1.82, 2.24) is 5.32 Å². The molecule has 21 heavy (non-hydrogen) atoms. The highest BCUT2D eigenvalue weighted by atomic mass is 32.2. The molecule has 0 aromatic heterocycles. The van der Waals surface area contributed by atoms with Gasteiger partial charge in [-0.05, 0) is 56.0 Å². The van der Waals surface area contributed by atoms with Gasteiger partial charge in [0.05, 0.1) is 13.2 Å². The quantitative estimate of drug-likeness (QED) is 0.916. The Morgan fingerprint density at radius 3 is 2.71 bits per heavy atom. The molecule has 0 saturated carbocycles. The van der Waals surface area contributed by atoms with E-state index in [0.717, 1.165) is 37.9 Å². The third kappa shape index (κ3) is 3.12. The molecule has 2 saturated heterocycles. The van der Waals surface area contributed by atoms with E-state index in [1.54, 1.807) is 6.07 Å². The Balaban J connectivity index is 1.76. The number of piperidine rings is 1. The number of sulfone groups is 1. The summed E-state index contributed by atoms with van der Waals surface area (Å²) in [6.45, 7) is 2.32. The van der Waals surface area contributed by atoms with Crippen molar-refractivity contribution < 1.29 is 17.5 Å². The van der Waals surface area contributed by atoms with Gasteiger partial charge in [-0.15, -0.1) is 0 Å². The highest BCUT2D eigenvalue weighted by molar-refractivity contribution is 7.92. The van der Waals surface area contributed by atoms with Gasteiger partial charge in [0.15, 0.2) is 9.84 Å². The molecule has 1 aromatic carbocycles. The van der Waals surface area contributed by atoms with Crippen molar-refractivity contribution in [1.29, 1.82) is 0 Å². The minimum absolute atomic E-state index is 0.164. The zero-order valence-electron chi connectivity index (χ0n) is 11.8. The zero-order chi connectivity index (χ0) is 14.9. The fraction of sp³-hybridized carbons (Fsp3) is 0.600. The molecule has 1 unspecified atom stereocenters. The molecule has 0 radical (unpaired) electrons. The maximum atomic E-state index is 14.2. The Labute approximate surface area is 124 Å². The summed E-state index contributed by atoms with van der Waals surface area (Å²) in [6.07, 6.45) is 3.06. The molecule has 2 aliphatic rings. The van der Waals surface area contributed by atoms with Crippen LogP contribution in [0.5, 0.6) is 0 Å². The summed E-state index contributed by atoms with van der Waals surface area (Å²) in [5.41, 5.74) is 0.866. The maximum absolute atomic E-state index is 14.2. The Bertz CT molecular complexity index is 607. The molecule has 4 nitrogen and oxygen atoms in total. The highest BCUT2D eigenvalue weighted by Gasteiger charge is 2.35. The van der Waals surface area contributed by atoms with Gasteiger partial charge in [-0.3, -0.25) is 0 Å². The summed E-state index contributed by atoms with van der Waals surface area (Å²) in [5.74, 6) is -0.135. The van der Waals surface area contributed by atoms with Crippen molar-refractivity contribution in [2.75, 3.05) is 26.3 Å². The van der Waals surface area contributed by atoms with E-state index in [2.05, 4.69) is 5.32 Å². The van der Waals surface area contributed by atoms with Gasteiger partial charge in [0.25, 0.3) is 0 Å². The SMILES string of the molecule is O=S(=O)(c1ccc(CC2CCCNC2)cc1F)C1COC1. The van der Waals surface area contributed by atoms with Gasteiger partial charge in [-0.25, -0.2) is 12.8 Å². The third-order valence-corrected chi connectivity index (χ3v) is 6.37. The van der Waals surface area contributed by atoms with Gasteiger partial charge in [0.1, 0.15) is 16.0 Å². The van der Waals surface area contributed by atoms with E-state index < -0.39 is 20.9 Å². The van der Waals surface area contributed by atoms with E-state index in [1.807, 2.05) is 0 Å². The average molecular weight is 313 g/mol. The van der Waals surface area contributed by atoms with Crippen molar-refractivity contribution >= 4 is 9.84 Å². The number of nitrogens with one attached hydrogen (secondary N) is 1. The first kappa shape index (κ1) is 14.9. The monoisotopic (exact) mass is 313 g/mol. The van der Waals surface area contributed by atoms with E-state index in [4.69, 9.17) is 4.74 Å². The number of hydrogen-bond donors (Lipinski definition) is 1. The van der Waals surface area contributed by atoms with Crippen molar-refractivity contribution in [2.45, 2.75) is 29.4 Å². The van der Waals surface area contributed by atoms with Crippen LogP contribution in [0.1, 0.15) is 18.4 Å². The van der Waals surface area contributed by atoms with Crippen molar-refractivity contribution in [3.05, 3.63) is 29.6 Å². The normalized spacial score (nSPS) is 23.8. The molecule has 0 aliphatic carbocycles. The summed E-state index contributed by atoms with van der Waals surface area (Å²) < 4.78 is 43.5. The van der Waals surface area contributed by atoms with Crippen LogP contribution in [0.3, 0.4) is 0 Å². The molecule has 0 bridgehead atoms. The summed E-state index contributed by atoms with van der Waals surface area (Å²) >= 11 is 0. The minimum atomic E-state index is -3.60. The molecular formula is C15H20FNO3S. The van der Waals surface area contributed by atoms with Crippen molar-refractivity contribution in [3.8, 4) is 0 Å². The van der Waals surface area contributed by atoms with Crippen LogP contribution >= 0.6 is 0 Å². The number of ether oxygens (including phenoxy) is 1. The maximum Gasteiger partial charge on any atom is 0.188 e. The van der Waals surface area contributed by atoms with Crippen molar-refractivity contribution in [2.24, 2.45) is 5.92 Å². The smallest absolute Gasteiger partial charge is 0.188 e. The Kier molecular flexibility index (Phi) is 4.28. The second-order valence-electron chi connectivity index (χ2n) is 5.89. The fourth-order valence-corrected chi connectivity index (χ4v) is 4.40. The van der Waals surface area contributed by atoms with Gasteiger partial charge >= 0.3 is 0 Å². The lowest BCUT2D eigenvalue weighted by Crippen LogP contribution is -2.41. The van der Waals surface area contributed by atoms with Crippen LogP contribution in [0.2, 0.25) is 0 Å². The number of rotatable bonds is 4. The van der Waals surface area contributed by atoms with Gasteiger partial charge in [0.2, 0.25) is 0 Å². The molecule has 0 amide bonds. The van der Waals surface area contributed by atoms with E-state index >= 15 is 0 Å². The first-order valence-electron chi connectivity index (χ1n) is 7.38. The summed E-state index contributed by atoms with van der Waals surface area (Å²) in [6, 6.07) is 4.53. The second-order valence-corrected chi connectivity index (χ2v) is 8.08. The predicted octanol–water partition coefficient (Wildman–Crippen LogP) is 1.54. The molecule has 2 heterocycles.